The predicted molar refractivity (Wildman–Crippen MR) is 89.9 cm³/mol. The first-order chi connectivity index (χ1) is 11.0. The van der Waals surface area contributed by atoms with Crippen LogP contribution in [0, 0.1) is 0 Å². The van der Waals surface area contributed by atoms with Gasteiger partial charge in [0.05, 0.1) is 6.54 Å². The van der Waals surface area contributed by atoms with E-state index >= 15 is 0 Å². The fourth-order valence-corrected chi connectivity index (χ4v) is 3.23. The van der Waals surface area contributed by atoms with Crippen LogP contribution in [0.4, 0.5) is 5.69 Å². The van der Waals surface area contributed by atoms with Crippen molar-refractivity contribution in [3.8, 4) is 0 Å². The first-order valence-corrected chi connectivity index (χ1v) is 8.54. The molecule has 0 saturated carbocycles. The predicted octanol–water partition coefficient (Wildman–Crippen LogP) is 1.71. The van der Waals surface area contributed by atoms with Crippen molar-refractivity contribution in [1.82, 2.24) is 10.2 Å². The number of halogens is 1. The molecular formula is C16H20BrN3O3. The summed E-state index contributed by atoms with van der Waals surface area (Å²) in [6.45, 7) is 3.20. The number of likely N-dealkylation sites (tertiary alicyclic amines) is 1. The Labute approximate surface area is 143 Å². The number of carbonyl (C=O) groups excluding carboxylic acids is 2. The molecule has 2 heterocycles. The van der Waals surface area contributed by atoms with Gasteiger partial charge in [0.15, 0.2) is 0 Å². The number of anilines is 1. The summed E-state index contributed by atoms with van der Waals surface area (Å²) >= 11 is 3.38. The van der Waals surface area contributed by atoms with E-state index in [9.17, 15) is 9.59 Å². The quantitative estimate of drug-likeness (QED) is 0.835. The lowest BCUT2D eigenvalue weighted by Crippen LogP contribution is -2.53. The molecular weight excluding hydrogens is 362 g/mol. The van der Waals surface area contributed by atoms with Gasteiger partial charge in [-0.25, -0.2) is 0 Å². The normalized spacial score (nSPS) is 23.0. The molecule has 1 atom stereocenters. The minimum atomic E-state index is -0.577. The maximum absolute atomic E-state index is 12.3. The Morgan fingerprint density at radius 1 is 1.39 bits per heavy atom. The second-order valence-corrected chi connectivity index (χ2v) is 6.90. The Morgan fingerprint density at radius 3 is 2.61 bits per heavy atom. The van der Waals surface area contributed by atoms with Crippen LogP contribution in [0.1, 0.15) is 19.8 Å². The van der Waals surface area contributed by atoms with Gasteiger partial charge < -0.3 is 20.3 Å². The second kappa shape index (κ2) is 6.49. The lowest BCUT2D eigenvalue weighted by atomic mass is 10.0. The zero-order valence-electron chi connectivity index (χ0n) is 13.0. The molecule has 1 aromatic rings. The van der Waals surface area contributed by atoms with Gasteiger partial charge in [-0.15, -0.1) is 0 Å². The van der Waals surface area contributed by atoms with Gasteiger partial charge in [-0.2, -0.15) is 0 Å². The Hall–Kier alpha value is -1.60. The van der Waals surface area contributed by atoms with Crippen molar-refractivity contribution in [3.63, 3.8) is 0 Å². The smallest absolute Gasteiger partial charge is 0.251 e. The van der Waals surface area contributed by atoms with Gasteiger partial charge in [-0.05, 0) is 31.2 Å². The number of carbonyl (C=O) groups is 2. The molecule has 124 valence electrons. The molecule has 1 unspecified atom stereocenters. The maximum atomic E-state index is 12.3. The Balaban J connectivity index is 1.49. The molecule has 2 amide bonds. The third-order valence-electron chi connectivity index (χ3n) is 4.33. The zero-order chi connectivity index (χ0) is 16.4. The van der Waals surface area contributed by atoms with Crippen LogP contribution in [0.3, 0.4) is 0 Å². The van der Waals surface area contributed by atoms with Gasteiger partial charge in [0, 0.05) is 36.1 Å². The molecule has 0 radical (unpaired) electrons. The average Bonchev–Trinajstić information content (AvgIpc) is 2.81. The van der Waals surface area contributed by atoms with Crippen molar-refractivity contribution in [1.29, 1.82) is 0 Å². The highest BCUT2D eigenvalue weighted by Crippen LogP contribution is 2.29. The molecule has 2 saturated heterocycles. The van der Waals surface area contributed by atoms with E-state index in [0.29, 0.717) is 25.9 Å². The van der Waals surface area contributed by atoms with Gasteiger partial charge >= 0.3 is 0 Å². The number of nitrogens with zero attached hydrogens (tertiary/aromatic N) is 1. The van der Waals surface area contributed by atoms with E-state index in [4.69, 9.17) is 4.74 Å². The number of piperidine rings is 1. The average molecular weight is 382 g/mol. The molecule has 1 spiro atoms. The molecule has 2 aliphatic heterocycles. The number of amides is 2. The Bertz CT molecular complexity index is 597. The number of hydrogen-bond acceptors (Lipinski definition) is 4. The van der Waals surface area contributed by atoms with E-state index in [-0.39, 0.29) is 18.4 Å². The van der Waals surface area contributed by atoms with Gasteiger partial charge in [0.1, 0.15) is 11.8 Å². The van der Waals surface area contributed by atoms with Crippen molar-refractivity contribution >= 4 is 33.4 Å². The summed E-state index contributed by atoms with van der Waals surface area (Å²) in [7, 11) is 0. The summed E-state index contributed by atoms with van der Waals surface area (Å²) in [5.41, 5.74) is 0.335. The fourth-order valence-electron chi connectivity index (χ4n) is 2.96. The summed E-state index contributed by atoms with van der Waals surface area (Å²) in [6, 6.07) is 7.70. The van der Waals surface area contributed by atoms with Crippen LogP contribution in [0.5, 0.6) is 0 Å². The summed E-state index contributed by atoms with van der Waals surface area (Å²) in [5.74, 6) is -0.0122. The molecule has 7 heteroatoms. The first-order valence-electron chi connectivity index (χ1n) is 7.74. The first kappa shape index (κ1) is 16.3. The highest BCUT2D eigenvalue weighted by Gasteiger charge is 2.45. The Kier molecular flexibility index (Phi) is 4.59. The number of ether oxygens (including phenoxy) is 1. The molecule has 1 aromatic carbocycles. The monoisotopic (exact) mass is 381 g/mol. The van der Waals surface area contributed by atoms with Crippen LogP contribution in [-0.2, 0) is 14.3 Å². The SMILES string of the molecule is CC1OC2(CCN(C(=O)CNc3ccc(Br)cc3)CC2)NC1=O. The van der Waals surface area contributed by atoms with Crippen LogP contribution in [0.25, 0.3) is 0 Å². The summed E-state index contributed by atoms with van der Waals surface area (Å²) in [5, 5.41) is 6.05. The second-order valence-electron chi connectivity index (χ2n) is 5.98. The van der Waals surface area contributed by atoms with E-state index in [1.165, 1.54) is 0 Å². The molecule has 2 aliphatic rings. The van der Waals surface area contributed by atoms with Crippen LogP contribution >= 0.6 is 15.9 Å². The van der Waals surface area contributed by atoms with Crippen molar-refractivity contribution in [2.24, 2.45) is 0 Å². The molecule has 3 rings (SSSR count). The summed E-state index contributed by atoms with van der Waals surface area (Å²) in [6.07, 6.45) is 0.858. The highest BCUT2D eigenvalue weighted by molar-refractivity contribution is 9.10. The minimum Gasteiger partial charge on any atom is -0.376 e. The minimum absolute atomic E-state index is 0.0557. The largest absolute Gasteiger partial charge is 0.376 e. The molecule has 23 heavy (non-hydrogen) atoms. The van der Waals surface area contributed by atoms with E-state index in [2.05, 4.69) is 26.6 Å². The summed E-state index contributed by atoms with van der Waals surface area (Å²) in [4.78, 5) is 25.7. The lowest BCUT2D eigenvalue weighted by molar-refractivity contribution is -0.136. The van der Waals surface area contributed by atoms with Crippen LogP contribution < -0.4 is 10.6 Å². The third-order valence-corrected chi connectivity index (χ3v) is 4.86. The molecule has 0 aromatic heterocycles. The number of hydrogen-bond donors (Lipinski definition) is 2. The highest BCUT2D eigenvalue weighted by atomic mass is 79.9. The zero-order valence-corrected chi connectivity index (χ0v) is 14.6. The molecule has 0 aliphatic carbocycles. The van der Waals surface area contributed by atoms with E-state index in [1.54, 1.807) is 6.92 Å². The topological polar surface area (TPSA) is 70.7 Å². The maximum Gasteiger partial charge on any atom is 0.251 e. The molecule has 0 bridgehead atoms. The summed E-state index contributed by atoms with van der Waals surface area (Å²) < 4.78 is 6.76. The fraction of sp³-hybridized carbons (Fsp3) is 0.500. The van der Waals surface area contributed by atoms with Gasteiger partial charge in [0.25, 0.3) is 5.91 Å². The van der Waals surface area contributed by atoms with Crippen molar-refractivity contribution < 1.29 is 14.3 Å². The number of benzene rings is 1. The molecule has 2 N–H and O–H groups in total. The van der Waals surface area contributed by atoms with Crippen molar-refractivity contribution in [2.45, 2.75) is 31.6 Å². The van der Waals surface area contributed by atoms with Crippen LogP contribution in [-0.4, -0.2) is 48.2 Å². The van der Waals surface area contributed by atoms with E-state index in [1.807, 2.05) is 29.2 Å². The number of rotatable bonds is 3. The lowest BCUT2D eigenvalue weighted by Gasteiger charge is -2.38. The number of nitrogens with one attached hydrogen (secondary N) is 2. The van der Waals surface area contributed by atoms with Crippen molar-refractivity contribution in [3.05, 3.63) is 28.7 Å². The third kappa shape index (κ3) is 3.67. The van der Waals surface area contributed by atoms with Gasteiger partial charge in [0.2, 0.25) is 5.91 Å². The van der Waals surface area contributed by atoms with Gasteiger partial charge in [-0.3, -0.25) is 9.59 Å². The molecule has 2 fully saturated rings. The van der Waals surface area contributed by atoms with Gasteiger partial charge in [-0.1, -0.05) is 15.9 Å². The van der Waals surface area contributed by atoms with Crippen molar-refractivity contribution in [2.75, 3.05) is 25.0 Å². The Morgan fingerprint density at radius 2 is 2.04 bits per heavy atom. The van der Waals surface area contributed by atoms with Crippen LogP contribution in [0.2, 0.25) is 0 Å². The van der Waals surface area contributed by atoms with E-state index in [0.717, 1.165) is 10.2 Å². The molecule has 6 nitrogen and oxygen atoms in total. The van der Waals surface area contributed by atoms with E-state index < -0.39 is 11.8 Å². The standard InChI is InChI=1S/C16H20BrN3O3/c1-11-15(22)19-16(23-11)6-8-20(9-7-16)14(21)10-18-13-4-2-12(17)3-5-13/h2-5,11,18H,6-10H2,1H3,(H,19,22). The van der Waals surface area contributed by atoms with Crippen LogP contribution in [0.15, 0.2) is 28.7 Å².